The number of hydrogen-bond acceptors (Lipinski definition) is 7. The van der Waals surface area contributed by atoms with Crippen molar-refractivity contribution in [2.45, 2.75) is 45.9 Å². The van der Waals surface area contributed by atoms with E-state index >= 15 is 0 Å². The molecule has 0 saturated carbocycles. The quantitative estimate of drug-likeness (QED) is 0.178. The second-order valence-electron chi connectivity index (χ2n) is 11.8. The predicted octanol–water partition coefficient (Wildman–Crippen LogP) is 8.14. The summed E-state index contributed by atoms with van der Waals surface area (Å²) in [5.41, 5.74) is 8.53. The van der Waals surface area contributed by atoms with Crippen LogP contribution in [0.5, 0.6) is 11.5 Å². The summed E-state index contributed by atoms with van der Waals surface area (Å²) >= 11 is 7.09. The van der Waals surface area contributed by atoms with E-state index in [0.29, 0.717) is 19.7 Å². The summed E-state index contributed by atoms with van der Waals surface area (Å²) in [5, 5.41) is 20.1. The normalized spacial score (nSPS) is 15.2. The van der Waals surface area contributed by atoms with Gasteiger partial charge in [-0.2, -0.15) is 0 Å². The first-order valence-electron chi connectivity index (χ1n) is 15.8. The second-order valence-corrected chi connectivity index (χ2v) is 13.6. The number of fused-ring (bicyclic) bond motifs is 1. The number of benzene rings is 4. The summed E-state index contributed by atoms with van der Waals surface area (Å²) < 4.78 is 18.9. The van der Waals surface area contributed by atoms with Gasteiger partial charge in [0.1, 0.15) is 17.6 Å². The standard InChI is InChI=1S/C19H24BrNO3.C19H22BrNO2/c1-13-16(5-4-6-18(13)24-3)19(23)17-8-7-15(20)11-14(17)12-21(2)9-10-22;1-13-11-15-12-16(20)7-8-18(15)21(9-10-23-13)17-5-4-6-19(22-3)14(17)2/h4-8,11,19,22-23H,9-10,12H2,1-3H3;4-8,12-13H,9-11H2,1-3H3. The number of ether oxygens (including phenoxy) is 3. The van der Waals surface area contributed by atoms with E-state index in [9.17, 15) is 5.11 Å². The molecule has 1 aliphatic heterocycles. The van der Waals surface area contributed by atoms with Crippen LogP contribution >= 0.6 is 31.9 Å². The Labute approximate surface area is 296 Å². The Morgan fingerprint density at radius 1 is 0.894 bits per heavy atom. The molecule has 252 valence electrons. The van der Waals surface area contributed by atoms with Gasteiger partial charge in [-0.1, -0.05) is 56.1 Å². The molecule has 0 fully saturated rings. The molecule has 1 heterocycles. The number of nitrogens with zero attached hydrogens (tertiary/aromatic N) is 2. The number of aliphatic hydroxyl groups is 2. The lowest BCUT2D eigenvalue weighted by atomic mass is 9.93. The molecular weight excluding hydrogens is 724 g/mol. The Balaban J connectivity index is 0.000000213. The molecule has 0 spiro atoms. The fraction of sp³-hybridized carbons (Fsp3) is 0.368. The van der Waals surface area contributed by atoms with Gasteiger partial charge < -0.3 is 29.3 Å². The number of aliphatic hydroxyl groups excluding tert-OH is 2. The van der Waals surface area contributed by atoms with Crippen LogP contribution in [0.15, 0.2) is 81.7 Å². The van der Waals surface area contributed by atoms with Crippen LogP contribution in [0, 0.1) is 13.8 Å². The summed E-state index contributed by atoms with van der Waals surface area (Å²) in [6, 6.07) is 24.3. The Kier molecular flexibility index (Phi) is 13.7. The van der Waals surface area contributed by atoms with Gasteiger partial charge in [-0.15, -0.1) is 0 Å². The molecule has 4 aromatic rings. The van der Waals surface area contributed by atoms with Crippen molar-refractivity contribution in [3.05, 3.63) is 115 Å². The first-order chi connectivity index (χ1) is 22.6. The van der Waals surface area contributed by atoms with E-state index in [2.05, 4.69) is 74.9 Å². The summed E-state index contributed by atoms with van der Waals surface area (Å²) in [4.78, 5) is 4.36. The molecule has 1 aliphatic rings. The minimum absolute atomic E-state index is 0.109. The molecule has 2 unspecified atom stereocenters. The highest BCUT2D eigenvalue weighted by atomic mass is 79.9. The van der Waals surface area contributed by atoms with Crippen molar-refractivity contribution in [1.29, 1.82) is 0 Å². The van der Waals surface area contributed by atoms with E-state index in [-0.39, 0.29) is 12.7 Å². The third-order valence-corrected chi connectivity index (χ3v) is 9.47. The van der Waals surface area contributed by atoms with Crippen LogP contribution in [0.4, 0.5) is 11.4 Å². The van der Waals surface area contributed by atoms with E-state index < -0.39 is 6.10 Å². The van der Waals surface area contributed by atoms with Crippen LogP contribution in [-0.4, -0.2) is 68.8 Å². The van der Waals surface area contributed by atoms with Crippen molar-refractivity contribution >= 4 is 43.2 Å². The molecular formula is C38H46Br2N2O5. The van der Waals surface area contributed by atoms with Crippen molar-refractivity contribution < 1.29 is 24.4 Å². The Hall–Kier alpha value is -2.92. The number of likely N-dealkylation sites (N-methyl/N-ethyl adjacent to an activating group) is 1. The van der Waals surface area contributed by atoms with Gasteiger partial charge in [0.2, 0.25) is 0 Å². The Morgan fingerprint density at radius 2 is 1.55 bits per heavy atom. The van der Waals surface area contributed by atoms with Crippen molar-refractivity contribution in [3.8, 4) is 11.5 Å². The van der Waals surface area contributed by atoms with Crippen LogP contribution in [0.2, 0.25) is 0 Å². The van der Waals surface area contributed by atoms with Crippen LogP contribution in [0.3, 0.4) is 0 Å². The summed E-state index contributed by atoms with van der Waals surface area (Å²) in [7, 11) is 5.30. The maximum atomic E-state index is 11.0. The molecule has 7 nitrogen and oxygen atoms in total. The van der Waals surface area contributed by atoms with Gasteiger partial charge in [-0.25, -0.2) is 0 Å². The smallest absolute Gasteiger partial charge is 0.123 e. The molecule has 47 heavy (non-hydrogen) atoms. The van der Waals surface area contributed by atoms with Gasteiger partial charge in [-0.3, -0.25) is 4.90 Å². The van der Waals surface area contributed by atoms with E-state index in [1.807, 2.05) is 67.4 Å². The van der Waals surface area contributed by atoms with Gasteiger partial charge >= 0.3 is 0 Å². The third-order valence-electron chi connectivity index (χ3n) is 8.49. The zero-order valence-corrected chi connectivity index (χ0v) is 31.3. The largest absolute Gasteiger partial charge is 0.496 e. The summed E-state index contributed by atoms with van der Waals surface area (Å²) in [5.74, 6) is 1.68. The first kappa shape index (κ1) is 36.9. The van der Waals surface area contributed by atoms with Crippen molar-refractivity contribution in [2.75, 3.05) is 52.5 Å². The van der Waals surface area contributed by atoms with Crippen LogP contribution in [-0.2, 0) is 17.7 Å². The Bertz CT molecular complexity index is 1630. The molecule has 0 aliphatic carbocycles. The number of halogens is 2. The second kappa shape index (κ2) is 17.5. The van der Waals surface area contributed by atoms with Crippen LogP contribution in [0.1, 0.15) is 46.4 Å². The zero-order valence-electron chi connectivity index (χ0n) is 28.1. The zero-order chi connectivity index (χ0) is 34.1. The fourth-order valence-electron chi connectivity index (χ4n) is 6.02. The van der Waals surface area contributed by atoms with Gasteiger partial charge in [0.25, 0.3) is 0 Å². The van der Waals surface area contributed by atoms with Crippen LogP contribution < -0.4 is 14.4 Å². The van der Waals surface area contributed by atoms with Gasteiger partial charge in [0, 0.05) is 51.9 Å². The molecule has 0 radical (unpaired) electrons. The van der Waals surface area contributed by atoms with Crippen molar-refractivity contribution in [1.82, 2.24) is 4.90 Å². The highest BCUT2D eigenvalue weighted by Gasteiger charge is 2.22. The lowest BCUT2D eigenvalue weighted by molar-refractivity contribution is 0.0703. The minimum Gasteiger partial charge on any atom is -0.496 e. The van der Waals surface area contributed by atoms with Gasteiger partial charge in [0.05, 0.1) is 33.5 Å². The number of methoxy groups -OCH3 is 2. The SMILES string of the molecule is COc1cccc(C(O)c2ccc(Br)cc2CN(C)CCO)c1C.COc1cccc(N2CCOC(C)Cc3cc(Br)ccc32)c1C. The molecule has 0 aromatic heterocycles. The van der Waals surface area contributed by atoms with E-state index in [0.717, 1.165) is 61.2 Å². The first-order valence-corrected chi connectivity index (χ1v) is 17.4. The van der Waals surface area contributed by atoms with Gasteiger partial charge in [-0.05, 0) is 104 Å². The molecule has 2 atom stereocenters. The topological polar surface area (TPSA) is 74.6 Å². The summed E-state index contributed by atoms with van der Waals surface area (Å²) in [6.07, 6.45) is 0.413. The van der Waals surface area contributed by atoms with E-state index in [4.69, 9.17) is 19.3 Å². The molecule has 2 N–H and O–H groups in total. The molecule has 5 rings (SSSR count). The summed E-state index contributed by atoms with van der Waals surface area (Å²) in [6.45, 7) is 9.08. The lowest BCUT2D eigenvalue weighted by Gasteiger charge is -2.32. The number of rotatable bonds is 9. The monoisotopic (exact) mass is 768 g/mol. The highest BCUT2D eigenvalue weighted by Crippen LogP contribution is 2.37. The van der Waals surface area contributed by atoms with E-state index in [1.165, 1.54) is 16.9 Å². The molecule has 0 amide bonds. The van der Waals surface area contributed by atoms with Crippen LogP contribution in [0.25, 0.3) is 0 Å². The molecule has 4 aromatic carbocycles. The van der Waals surface area contributed by atoms with Gasteiger partial charge in [0.15, 0.2) is 0 Å². The predicted molar refractivity (Wildman–Crippen MR) is 197 cm³/mol. The number of anilines is 2. The average molecular weight is 771 g/mol. The Morgan fingerprint density at radius 3 is 2.26 bits per heavy atom. The van der Waals surface area contributed by atoms with E-state index in [1.54, 1.807) is 14.2 Å². The maximum Gasteiger partial charge on any atom is 0.123 e. The molecule has 0 bridgehead atoms. The average Bonchev–Trinajstić information content (AvgIpc) is 3.03. The molecule has 9 heteroatoms. The maximum absolute atomic E-state index is 11.0. The number of hydrogen-bond donors (Lipinski definition) is 2. The third kappa shape index (κ3) is 9.37. The van der Waals surface area contributed by atoms with Crippen molar-refractivity contribution in [3.63, 3.8) is 0 Å². The molecule has 0 saturated heterocycles. The highest BCUT2D eigenvalue weighted by molar-refractivity contribution is 9.10. The lowest BCUT2D eigenvalue weighted by Crippen LogP contribution is -2.29. The van der Waals surface area contributed by atoms with Crippen molar-refractivity contribution in [2.24, 2.45) is 0 Å². The fourth-order valence-corrected chi connectivity index (χ4v) is 6.83. The minimum atomic E-state index is -0.731.